The number of amides is 1. The number of halogens is 2. The van der Waals surface area contributed by atoms with Crippen LogP contribution in [0.25, 0.3) is 0 Å². The summed E-state index contributed by atoms with van der Waals surface area (Å²) in [7, 11) is 0. The van der Waals surface area contributed by atoms with Crippen molar-refractivity contribution in [3.63, 3.8) is 0 Å². The molecule has 1 amide bonds. The maximum absolute atomic E-state index is 11.9. The van der Waals surface area contributed by atoms with Crippen LogP contribution in [-0.4, -0.2) is 49.1 Å². The second kappa shape index (κ2) is 9.81. The fraction of sp³-hybridized carbons (Fsp3) is 0.923. The van der Waals surface area contributed by atoms with Crippen molar-refractivity contribution in [1.82, 2.24) is 15.5 Å². The van der Waals surface area contributed by atoms with Gasteiger partial charge in [0.1, 0.15) is 0 Å². The molecule has 1 unspecified atom stereocenters. The first-order valence-corrected chi connectivity index (χ1v) is 7.03. The minimum Gasteiger partial charge on any atom is -0.353 e. The lowest BCUT2D eigenvalue weighted by molar-refractivity contribution is -0.122. The Kier molecular flexibility index (Phi) is 9.79. The predicted molar refractivity (Wildman–Crippen MR) is 83.4 cm³/mol. The van der Waals surface area contributed by atoms with E-state index in [0.29, 0.717) is 18.5 Å². The molecule has 0 aromatic rings. The van der Waals surface area contributed by atoms with Gasteiger partial charge in [-0.25, -0.2) is 0 Å². The van der Waals surface area contributed by atoms with Crippen molar-refractivity contribution in [3.05, 3.63) is 0 Å². The lowest BCUT2D eigenvalue weighted by atomic mass is 10.0. The third kappa shape index (κ3) is 6.30. The zero-order valence-corrected chi connectivity index (χ0v) is 13.3. The van der Waals surface area contributed by atoms with Crippen LogP contribution in [0.4, 0.5) is 0 Å². The van der Waals surface area contributed by atoms with E-state index in [1.54, 1.807) is 0 Å². The molecule has 0 aromatic carbocycles. The smallest absolute Gasteiger partial charge is 0.221 e. The largest absolute Gasteiger partial charge is 0.353 e. The van der Waals surface area contributed by atoms with E-state index in [2.05, 4.69) is 22.5 Å². The molecule has 2 N–H and O–H groups in total. The Morgan fingerprint density at radius 1 is 1.26 bits per heavy atom. The molecule has 19 heavy (non-hydrogen) atoms. The molecule has 0 saturated carbocycles. The van der Waals surface area contributed by atoms with Gasteiger partial charge in [-0.3, -0.25) is 4.79 Å². The highest BCUT2D eigenvalue weighted by Gasteiger charge is 2.22. The van der Waals surface area contributed by atoms with Crippen molar-refractivity contribution in [2.45, 2.75) is 51.1 Å². The van der Waals surface area contributed by atoms with E-state index in [1.807, 2.05) is 0 Å². The molecule has 2 fully saturated rings. The number of nitrogens with zero attached hydrogens (tertiary/aromatic N) is 1. The quantitative estimate of drug-likeness (QED) is 0.828. The van der Waals surface area contributed by atoms with E-state index in [9.17, 15) is 4.79 Å². The van der Waals surface area contributed by atoms with Crippen LogP contribution in [0.2, 0.25) is 0 Å². The van der Waals surface area contributed by atoms with Gasteiger partial charge in [-0.15, -0.1) is 24.8 Å². The average molecular weight is 312 g/mol. The second-order valence-corrected chi connectivity index (χ2v) is 5.27. The van der Waals surface area contributed by atoms with Crippen molar-refractivity contribution in [1.29, 1.82) is 0 Å². The van der Waals surface area contributed by atoms with Gasteiger partial charge in [0.15, 0.2) is 0 Å². The Morgan fingerprint density at radius 2 is 1.95 bits per heavy atom. The first kappa shape index (κ1) is 19.0. The highest BCUT2D eigenvalue weighted by atomic mass is 35.5. The molecule has 114 valence electrons. The maximum Gasteiger partial charge on any atom is 0.221 e. The molecule has 4 nitrogen and oxygen atoms in total. The topological polar surface area (TPSA) is 44.4 Å². The van der Waals surface area contributed by atoms with Gasteiger partial charge in [-0.05, 0) is 38.8 Å². The molecule has 2 rings (SSSR count). The monoisotopic (exact) mass is 311 g/mol. The third-order valence-corrected chi connectivity index (χ3v) is 3.99. The average Bonchev–Trinajstić information content (AvgIpc) is 2.82. The number of nitrogens with one attached hydrogen (secondary N) is 2. The summed E-state index contributed by atoms with van der Waals surface area (Å²) in [6.45, 7) is 6.66. The second-order valence-electron chi connectivity index (χ2n) is 5.27. The van der Waals surface area contributed by atoms with Gasteiger partial charge in [-0.2, -0.15) is 0 Å². The van der Waals surface area contributed by atoms with Gasteiger partial charge in [0.25, 0.3) is 0 Å². The Labute approximate surface area is 128 Å². The van der Waals surface area contributed by atoms with Crippen LogP contribution in [0.5, 0.6) is 0 Å². The highest BCUT2D eigenvalue weighted by Crippen LogP contribution is 2.12. The number of carbonyl (C=O) groups is 1. The molecule has 2 heterocycles. The number of carbonyl (C=O) groups excluding carboxylic acids is 1. The van der Waals surface area contributed by atoms with E-state index in [-0.39, 0.29) is 30.7 Å². The molecule has 2 aliphatic heterocycles. The van der Waals surface area contributed by atoms with Crippen LogP contribution in [0.3, 0.4) is 0 Å². The molecule has 0 aliphatic carbocycles. The lowest BCUT2D eigenvalue weighted by Gasteiger charge is -2.31. The molecule has 0 bridgehead atoms. The Bertz CT molecular complexity index is 252. The summed E-state index contributed by atoms with van der Waals surface area (Å²) in [6.07, 6.45) is 5.25. The number of hydrogen-bond donors (Lipinski definition) is 2. The van der Waals surface area contributed by atoms with Crippen molar-refractivity contribution < 1.29 is 4.79 Å². The summed E-state index contributed by atoms with van der Waals surface area (Å²) < 4.78 is 0. The Hall–Kier alpha value is -0.0300. The van der Waals surface area contributed by atoms with Crippen LogP contribution in [0, 0.1) is 0 Å². The fourth-order valence-corrected chi connectivity index (χ4v) is 2.83. The van der Waals surface area contributed by atoms with Gasteiger partial charge >= 0.3 is 0 Å². The third-order valence-electron chi connectivity index (χ3n) is 3.99. The van der Waals surface area contributed by atoms with Crippen LogP contribution in [-0.2, 0) is 4.79 Å². The molecule has 6 heteroatoms. The number of piperidine rings is 1. The molecule has 0 aromatic heterocycles. The van der Waals surface area contributed by atoms with E-state index in [0.717, 1.165) is 45.4 Å². The number of likely N-dealkylation sites (tertiary alicyclic amines) is 1. The number of hydrogen-bond acceptors (Lipinski definition) is 3. The highest BCUT2D eigenvalue weighted by molar-refractivity contribution is 5.85. The summed E-state index contributed by atoms with van der Waals surface area (Å²) >= 11 is 0. The van der Waals surface area contributed by atoms with Crippen LogP contribution < -0.4 is 10.6 Å². The normalized spacial score (nSPS) is 24.4. The SMILES string of the molecule is CCN1CCC(NC(=O)CC2CCCN2)CC1.Cl.Cl. The molecule has 2 saturated heterocycles. The minimum absolute atomic E-state index is 0. The molecule has 0 spiro atoms. The first-order chi connectivity index (χ1) is 8.28. The van der Waals surface area contributed by atoms with Gasteiger partial charge in [0, 0.05) is 31.6 Å². The first-order valence-electron chi connectivity index (χ1n) is 7.03. The van der Waals surface area contributed by atoms with Crippen LogP contribution in [0.15, 0.2) is 0 Å². The molecular formula is C13H27Cl2N3O. The fourth-order valence-electron chi connectivity index (χ4n) is 2.83. The number of rotatable bonds is 4. The van der Waals surface area contributed by atoms with Crippen LogP contribution >= 0.6 is 24.8 Å². The van der Waals surface area contributed by atoms with Crippen molar-refractivity contribution in [2.75, 3.05) is 26.2 Å². The van der Waals surface area contributed by atoms with E-state index in [4.69, 9.17) is 0 Å². The van der Waals surface area contributed by atoms with Crippen molar-refractivity contribution in [3.8, 4) is 0 Å². The molecule has 2 aliphatic rings. The van der Waals surface area contributed by atoms with Crippen molar-refractivity contribution >= 4 is 30.7 Å². The maximum atomic E-state index is 11.9. The summed E-state index contributed by atoms with van der Waals surface area (Å²) in [5.41, 5.74) is 0. The van der Waals surface area contributed by atoms with E-state index in [1.165, 1.54) is 6.42 Å². The van der Waals surface area contributed by atoms with E-state index >= 15 is 0 Å². The minimum atomic E-state index is 0. The summed E-state index contributed by atoms with van der Waals surface area (Å²) in [6, 6.07) is 0.831. The van der Waals surface area contributed by atoms with Crippen molar-refractivity contribution in [2.24, 2.45) is 0 Å². The Morgan fingerprint density at radius 3 is 2.47 bits per heavy atom. The van der Waals surface area contributed by atoms with Gasteiger partial charge in [0.05, 0.1) is 0 Å². The zero-order valence-electron chi connectivity index (χ0n) is 11.7. The molecule has 0 radical (unpaired) electrons. The molecular weight excluding hydrogens is 285 g/mol. The lowest BCUT2D eigenvalue weighted by Crippen LogP contribution is -2.45. The summed E-state index contributed by atoms with van der Waals surface area (Å²) in [4.78, 5) is 14.3. The standard InChI is InChI=1S/C13H25N3O.2ClH/c1-2-16-8-5-11(6-9-16)15-13(17)10-12-4-3-7-14-12;;/h11-12,14H,2-10H2,1H3,(H,15,17);2*1H. The van der Waals surface area contributed by atoms with Crippen LogP contribution in [0.1, 0.15) is 39.0 Å². The van der Waals surface area contributed by atoms with Gasteiger partial charge in [-0.1, -0.05) is 6.92 Å². The van der Waals surface area contributed by atoms with Gasteiger partial charge in [0.2, 0.25) is 5.91 Å². The van der Waals surface area contributed by atoms with E-state index < -0.39 is 0 Å². The molecule has 1 atom stereocenters. The Balaban J connectivity index is 0.00000162. The predicted octanol–water partition coefficient (Wildman–Crippen LogP) is 1.57. The van der Waals surface area contributed by atoms with Gasteiger partial charge < -0.3 is 15.5 Å². The summed E-state index contributed by atoms with van der Waals surface area (Å²) in [5.74, 6) is 0.236. The zero-order chi connectivity index (χ0) is 12.1. The summed E-state index contributed by atoms with van der Waals surface area (Å²) in [5, 5.41) is 6.56.